The Kier molecular flexibility index (Phi) is 5.08. The first-order valence-electron chi connectivity index (χ1n) is 7.88. The van der Waals surface area contributed by atoms with E-state index in [2.05, 4.69) is 20.9 Å². The van der Waals surface area contributed by atoms with Gasteiger partial charge in [0.2, 0.25) is 5.91 Å². The first-order valence-corrected chi connectivity index (χ1v) is 7.88. The molecule has 6 heteroatoms. The Hall–Kier alpha value is -1.30. The molecule has 3 N–H and O–H groups in total. The Morgan fingerprint density at radius 2 is 2.14 bits per heavy atom. The van der Waals surface area contributed by atoms with Crippen molar-refractivity contribution in [2.75, 3.05) is 20.1 Å². The van der Waals surface area contributed by atoms with E-state index in [9.17, 15) is 4.79 Å². The minimum atomic E-state index is -0.512. The zero-order chi connectivity index (χ0) is 15.5. The quantitative estimate of drug-likeness (QED) is 0.514. The maximum absolute atomic E-state index is 11.8. The maximum atomic E-state index is 11.8. The van der Waals surface area contributed by atoms with Gasteiger partial charge in [0.25, 0.3) is 0 Å². The fourth-order valence-corrected chi connectivity index (χ4v) is 2.97. The van der Waals surface area contributed by atoms with Crippen LogP contribution in [0.2, 0.25) is 0 Å². The number of rotatable bonds is 5. The summed E-state index contributed by atoms with van der Waals surface area (Å²) in [4.78, 5) is 16.4. The Morgan fingerprint density at radius 3 is 2.67 bits per heavy atom. The third-order valence-electron chi connectivity index (χ3n) is 4.25. The molecule has 2 fully saturated rings. The normalized spacial score (nSPS) is 28.6. The van der Waals surface area contributed by atoms with Crippen LogP contribution in [0.5, 0.6) is 0 Å². The fourth-order valence-electron chi connectivity index (χ4n) is 2.97. The average Bonchev–Trinajstić information content (AvgIpc) is 3.06. The predicted molar refractivity (Wildman–Crippen MR) is 83.3 cm³/mol. The topological polar surface area (TPSA) is 74.8 Å². The number of aliphatic imine (C=N–C) groups is 1. The molecule has 0 aromatic heterocycles. The van der Waals surface area contributed by atoms with Gasteiger partial charge in [-0.1, -0.05) is 0 Å². The van der Waals surface area contributed by atoms with Crippen LogP contribution in [-0.4, -0.2) is 50.3 Å². The van der Waals surface area contributed by atoms with Crippen LogP contribution in [0.1, 0.15) is 40.0 Å². The highest BCUT2D eigenvalue weighted by Gasteiger charge is 2.41. The van der Waals surface area contributed by atoms with Gasteiger partial charge in [0, 0.05) is 13.6 Å². The summed E-state index contributed by atoms with van der Waals surface area (Å²) in [6.45, 7) is 7.09. The van der Waals surface area contributed by atoms with Crippen molar-refractivity contribution in [1.29, 1.82) is 0 Å². The lowest BCUT2D eigenvalue weighted by Crippen LogP contribution is -2.48. The Morgan fingerprint density at radius 1 is 1.38 bits per heavy atom. The lowest BCUT2D eigenvalue weighted by molar-refractivity contribution is -0.128. The molecule has 2 aliphatic heterocycles. The van der Waals surface area contributed by atoms with Gasteiger partial charge in [-0.15, -0.1) is 0 Å². The number of amides is 1. The number of ether oxygens (including phenoxy) is 1. The zero-order valence-electron chi connectivity index (χ0n) is 13.5. The lowest BCUT2D eigenvalue weighted by Gasteiger charge is -2.24. The Balaban J connectivity index is 1.94. The zero-order valence-corrected chi connectivity index (χ0v) is 13.5. The molecule has 120 valence electrons. The van der Waals surface area contributed by atoms with Crippen molar-refractivity contribution in [3.63, 3.8) is 0 Å². The second-order valence-electron chi connectivity index (χ2n) is 6.52. The van der Waals surface area contributed by atoms with Crippen molar-refractivity contribution in [3.8, 4) is 0 Å². The van der Waals surface area contributed by atoms with Gasteiger partial charge in [0.1, 0.15) is 0 Å². The lowest BCUT2D eigenvalue weighted by atomic mass is 9.92. The van der Waals surface area contributed by atoms with Crippen LogP contribution in [0.3, 0.4) is 0 Å². The number of carbonyl (C=O) groups excluding carboxylic acids is 1. The van der Waals surface area contributed by atoms with Crippen LogP contribution >= 0.6 is 0 Å². The molecule has 1 amide bonds. The van der Waals surface area contributed by atoms with Gasteiger partial charge in [0.15, 0.2) is 5.96 Å². The molecule has 0 spiro atoms. The van der Waals surface area contributed by atoms with Crippen LogP contribution in [0.15, 0.2) is 4.99 Å². The standard InChI is InChI=1S/C15H28N4O2/c1-5-17-14(18-9-15(2,3)13(20)16-4)19-11-8-10-6-7-12(11)21-10/h10-12H,5-9H2,1-4H3,(H,16,20)(H2,17,18,19). The highest BCUT2D eigenvalue weighted by atomic mass is 16.5. The molecule has 0 radical (unpaired) electrons. The molecule has 2 aliphatic rings. The van der Waals surface area contributed by atoms with E-state index in [1.54, 1.807) is 7.05 Å². The average molecular weight is 296 g/mol. The number of guanidine groups is 1. The van der Waals surface area contributed by atoms with Gasteiger partial charge in [0.05, 0.1) is 30.2 Å². The second kappa shape index (κ2) is 6.64. The third-order valence-corrected chi connectivity index (χ3v) is 4.25. The molecule has 2 bridgehead atoms. The smallest absolute Gasteiger partial charge is 0.227 e. The summed E-state index contributed by atoms with van der Waals surface area (Å²) in [5.74, 6) is 0.779. The van der Waals surface area contributed by atoms with Crippen LogP contribution in [0, 0.1) is 5.41 Å². The van der Waals surface area contributed by atoms with E-state index in [0.29, 0.717) is 24.8 Å². The second-order valence-corrected chi connectivity index (χ2v) is 6.52. The van der Waals surface area contributed by atoms with E-state index >= 15 is 0 Å². The first kappa shape index (κ1) is 16.1. The molecule has 2 saturated heterocycles. The van der Waals surface area contributed by atoms with E-state index in [1.807, 2.05) is 20.8 Å². The van der Waals surface area contributed by atoms with Crippen molar-refractivity contribution in [1.82, 2.24) is 16.0 Å². The molecule has 3 atom stereocenters. The van der Waals surface area contributed by atoms with E-state index in [0.717, 1.165) is 25.3 Å². The van der Waals surface area contributed by atoms with Gasteiger partial charge in [-0.2, -0.15) is 0 Å². The summed E-state index contributed by atoms with van der Waals surface area (Å²) in [7, 11) is 1.66. The van der Waals surface area contributed by atoms with Crippen LogP contribution in [0.4, 0.5) is 0 Å². The first-order chi connectivity index (χ1) is 9.96. The molecular weight excluding hydrogens is 268 g/mol. The molecule has 2 heterocycles. The monoisotopic (exact) mass is 296 g/mol. The molecule has 2 rings (SSSR count). The van der Waals surface area contributed by atoms with Crippen LogP contribution in [-0.2, 0) is 9.53 Å². The van der Waals surface area contributed by atoms with Crippen LogP contribution in [0.25, 0.3) is 0 Å². The van der Waals surface area contributed by atoms with Crippen molar-refractivity contribution >= 4 is 11.9 Å². The van der Waals surface area contributed by atoms with Crippen molar-refractivity contribution < 1.29 is 9.53 Å². The highest BCUT2D eigenvalue weighted by molar-refractivity contribution is 5.83. The fraction of sp³-hybridized carbons (Fsp3) is 0.867. The SMILES string of the molecule is CCNC(=NCC(C)(C)C(=O)NC)NC1CC2CCC1O2. The molecule has 0 aliphatic carbocycles. The number of nitrogens with one attached hydrogen (secondary N) is 3. The number of hydrogen-bond acceptors (Lipinski definition) is 3. The summed E-state index contributed by atoms with van der Waals surface area (Å²) < 4.78 is 5.86. The minimum absolute atomic E-state index is 0.00496. The highest BCUT2D eigenvalue weighted by Crippen LogP contribution is 2.34. The van der Waals surface area contributed by atoms with Gasteiger partial charge < -0.3 is 20.7 Å². The van der Waals surface area contributed by atoms with Crippen molar-refractivity contribution in [2.24, 2.45) is 10.4 Å². The van der Waals surface area contributed by atoms with Gasteiger partial charge >= 0.3 is 0 Å². The minimum Gasteiger partial charge on any atom is -0.373 e. The van der Waals surface area contributed by atoms with Gasteiger partial charge in [-0.3, -0.25) is 9.79 Å². The molecule has 6 nitrogen and oxygen atoms in total. The number of hydrogen-bond donors (Lipinski definition) is 3. The van der Waals surface area contributed by atoms with Crippen molar-refractivity contribution in [3.05, 3.63) is 0 Å². The van der Waals surface area contributed by atoms with E-state index in [-0.39, 0.29) is 5.91 Å². The molecule has 0 aromatic rings. The summed E-state index contributed by atoms with van der Waals surface area (Å²) >= 11 is 0. The molecule has 21 heavy (non-hydrogen) atoms. The van der Waals surface area contributed by atoms with Gasteiger partial charge in [-0.05, 0) is 40.0 Å². The summed E-state index contributed by atoms with van der Waals surface area (Å²) in [5, 5.41) is 9.40. The van der Waals surface area contributed by atoms with E-state index in [1.165, 1.54) is 6.42 Å². The van der Waals surface area contributed by atoms with E-state index < -0.39 is 5.41 Å². The molecular formula is C15H28N4O2. The summed E-state index contributed by atoms with van der Waals surface area (Å²) in [6.07, 6.45) is 4.09. The predicted octanol–water partition coefficient (Wildman–Crippen LogP) is 0.634. The summed E-state index contributed by atoms with van der Waals surface area (Å²) in [5.41, 5.74) is -0.512. The Labute approximate surface area is 127 Å². The number of fused-ring (bicyclic) bond motifs is 2. The third kappa shape index (κ3) is 3.87. The largest absolute Gasteiger partial charge is 0.373 e. The van der Waals surface area contributed by atoms with E-state index in [4.69, 9.17) is 4.74 Å². The summed E-state index contributed by atoms with van der Waals surface area (Å²) in [6, 6.07) is 0.338. The van der Waals surface area contributed by atoms with Crippen LogP contribution < -0.4 is 16.0 Å². The van der Waals surface area contributed by atoms with Gasteiger partial charge in [-0.25, -0.2) is 0 Å². The maximum Gasteiger partial charge on any atom is 0.227 e. The molecule has 0 saturated carbocycles. The molecule has 3 unspecified atom stereocenters. The molecule has 0 aromatic carbocycles. The number of carbonyl (C=O) groups is 1. The Bertz CT molecular complexity index is 408. The van der Waals surface area contributed by atoms with Crippen molar-refractivity contribution in [2.45, 2.75) is 58.3 Å². The number of nitrogens with zero attached hydrogens (tertiary/aromatic N) is 1.